The van der Waals surface area contributed by atoms with Gasteiger partial charge in [-0.3, -0.25) is 9.59 Å². The maximum atomic E-state index is 13.0. The Morgan fingerprint density at radius 2 is 2.10 bits per heavy atom. The number of tetrazole rings is 1. The molecule has 2 aromatic heterocycles. The number of aryl methyl sites for hydroxylation is 1. The van der Waals surface area contributed by atoms with Gasteiger partial charge in [-0.2, -0.15) is 4.68 Å². The molecular weight excluding hydrogens is 436 g/mol. The van der Waals surface area contributed by atoms with Crippen LogP contribution in [0, 0.1) is 12.8 Å². The van der Waals surface area contributed by atoms with Gasteiger partial charge >= 0.3 is 0 Å². The first-order valence-electron chi connectivity index (χ1n) is 10.1. The number of nitrogens with zero attached hydrogens (tertiary/aromatic N) is 6. The molecule has 0 aliphatic carbocycles. The van der Waals surface area contributed by atoms with Crippen LogP contribution in [0.4, 0.5) is 0 Å². The Labute approximate surface area is 188 Å². The number of hydrogen-bond acceptors (Lipinski definition) is 6. The summed E-state index contributed by atoms with van der Waals surface area (Å²) < 4.78 is 3.47. The van der Waals surface area contributed by atoms with E-state index in [4.69, 9.17) is 11.6 Å². The SMILES string of the molecule is Cc1ccc(-n2nnnc2SCC(=O)N2CC3CC(C2)c2cccc(=O)n2C3)cc1Cl. The van der Waals surface area contributed by atoms with Gasteiger partial charge in [0.2, 0.25) is 11.1 Å². The summed E-state index contributed by atoms with van der Waals surface area (Å²) in [7, 11) is 0. The molecule has 8 nitrogen and oxygen atoms in total. The van der Waals surface area contributed by atoms with Crippen LogP contribution in [-0.2, 0) is 11.3 Å². The molecule has 0 radical (unpaired) electrons. The highest BCUT2D eigenvalue weighted by atomic mass is 35.5. The van der Waals surface area contributed by atoms with Crippen LogP contribution in [0.3, 0.4) is 0 Å². The van der Waals surface area contributed by atoms with Gasteiger partial charge in [0.05, 0.1) is 11.4 Å². The Morgan fingerprint density at radius 3 is 2.94 bits per heavy atom. The van der Waals surface area contributed by atoms with Gasteiger partial charge in [0.25, 0.3) is 5.56 Å². The van der Waals surface area contributed by atoms with Crippen LogP contribution in [-0.4, -0.2) is 54.4 Å². The van der Waals surface area contributed by atoms with Crippen molar-refractivity contribution in [3.05, 3.63) is 63.0 Å². The number of likely N-dealkylation sites (tertiary alicyclic amines) is 1. The predicted octanol–water partition coefficient (Wildman–Crippen LogP) is 2.52. The molecule has 3 aromatic rings. The van der Waals surface area contributed by atoms with Gasteiger partial charge in [0.15, 0.2) is 0 Å². The largest absolute Gasteiger partial charge is 0.341 e. The van der Waals surface area contributed by atoms with Gasteiger partial charge in [-0.15, -0.1) is 5.10 Å². The number of thioether (sulfide) groups is 1. The molecule has 160 valence electrons. The third-order valence-electron chi connectivity index (χ3n) is 6.00. The Hall–Kier alpha value is -2.65. The Bertz CT molecular complexity index is 1210. The summed E-state index contributed by atoms with van der Waals surface area (Å²) in [6.45, 7) is 3.92. The summed E-state index contributed by atoms with van der Waals surface area (Å²) in [5, 5.41) is 13.1. The maximum absolute atomic E-state index is 13.0. The summed E-state index contributed by atoms with van der Waals surface area (Å²) in [4.78, 5) is 27.1. The highest BCUT2D eigenvalue weighted by Crippen LogP contribution is 2.35. The molecule has 0 N–H and O–H groups in total. The molecule has 0 spiro atoms. The van der Waals surface area contributed by atoms with E-state index < -0.39 is 0 Å². The maximum Gasteiger partial charge on any atom is 0.250 e. The number of piperidine rings is 1. The van der Waals surface area contributed by atoms with Crippen molar-refractivity contribution in [3.63, 3.8) is 0 Å². The Morgan fingerprint density at radius 1 is 1.23 bits per heavy atom. The third-order valence-corrected chi connectivity index (χ3v) is 7.31. The number of halogens is 1. The van der Waals surface area contributed by atoms with Crippen LogP contribution >= 0.6 is 23.4 Å². The number of carbonyl (C=O) groups is 1. The van der Waals surface area contributed by atoms with Crippen molar-refractivity contribution in [2.24, 2.45) is 5.92 Å². The van der Waals surface area contributed by atoms with E-state index in [0.29, 0.717) is 35.7 Å². The molecule has 1 fully saturated rings. The van der Waals surface area contributed by atoms with Crippen LogP contribution in [0.25, 0.3) is 5.69 Å². The number of fused-ring (bicyclic) bond motifs is 4. The normalized spacial score (nSPS) is 19.9. The van der Waals surface area contributed by atoms with Crippen molar-refractivity contribution in [3.8, 4) is 5.69 Å². The monoisotopic (exact) mass is 456 g/mol. The highest BCUT2D eigenvalue weighted by Gasteiger charge is 2.36. The highest BCUT2D eigenvalue weighted by molar-refractivity contribution is 7.99. The van der Waals surface area contributed by atoms with Gasteiger partial charge in [0.1, 0.15) is 0 Å². The smallest absolute Gasteiger partial charge is 0.250 e. The molecule has 0 saturated carbocycles. The topological polar surface area (TPSA) is 85.9 Å². The van der Waals surface area contributed by atoms with E-state index in [2.05, 4.69) is 15.5 Å². The lowest BCUT2D eigenvalue weighted by Gasteiger charge is -2.42. The minimum Gasteiger partial charge on any atom is -0.341 e. The molecule has 2 unspecified atom stereocenters. The minimum atomic E-state index is 0.0468. The molecule has 2 atom stereocenters. The van der Waals surface area contributed by atoms with Gasteiger partial charge < -0.3 is 9.47 Å². The van der Waals surface area contributed by atoms with Crippen LogP contribution in [0.5, 0.6) is 0 Å². The quantitative estimate of drug-likeness (QED) is 0.561. The number of benzene rings is 1. The molecule has 10 heteroatoms. The first-order valence-corrected chi connectivity index (χ1v) is 11.5. The summed E-state index contributed by atoms with van der Waals surface area (Å²) in [5.74, 6) is 0.819. The lowest BCUT2D eigenvalue weighted by molar-refractivity contribution is -0.131. The molecule has 31 heavy (non-hydrogen) atoms. The van der Waals surface area contributed by atoms with Gasteiger partial charge in [-0.05, 0) is 53.5 Å². The Balaban J connectivity index is 1.28. The minimum absolute atomic E-state index is 0.0468. The summed E-state index contributed by atoms with van der Waals surface area (Å²) in [6.07, 6.45) is 1.02. The summed E-state index contributed by atoms with van der Waals surface area (Å²) in [6, 6.07) is 11.0. The first kappa shape index (κ1) is 20.3. The van der Waals surface area contributed by atoms with Crippen molar-refractivity contribution < 1.29 is 4.79 Å². The summed E-state index contributed by atoms with van der Waals surface area (Å²) in [5.41, 5.74) is 2.81. The molecule has 2 aliphatic rings. The average Bonchev–Trinajstić information content (AvgIpc) is 3.23. The van der Waals surface area contributed by atoms with E-state index in [1.54, 1.807) is 10.7 Å². The number of rotatable bonds is 4. The lowest BCUT2D eigenvalue weighted by Crippen LogP contribution is -2.49. The van der Waals surface area contributed by atoms with Crippen LogP contribution < -0.4 is 5.56 Å². The molecule has 5 rings (SSSR count). The standard InChI is InChI=1S/C21H21ClN6O2S/c1-13-5-6-16(8-17(13)22)28-21(23-24-25-28)31-12-20(30)26-9-14-7-15(11-26)18-3-2-4-19(29)27(18)10-14/h2-6,8,14-15H,7,9-12H2,1H3. The first-order chi connectivity index (χ1) is 15.0. The van der Waals surface area contributed by atoms with E-state index in [-0.39, 0.29) is 23.1 Å². The van der Waals surface area contributed by atoms with Crippen molar-refractivity contribution in [1.29, 1.82) is 0 Å². The van der Waals surface area contributed by atoms with Gasteiger partial charge in [0, 0.05) is 42.3 Å². The number of amides is 1. The molecule has 1 amide bonds. The molecule has 1 saturated heterocycles. The van der Waals surface area contributed by atoms with Crippen LogP contribution in [0.1, 0.15) is 23.6 Å². The zero-order chi connectivity index (χ0) is 21.5. The number of aromatic nitrogens is 5. The fraction of sp³-hybridized carbons (Fsp3) is 0.381. The fourth-order valence-electron chi connectivity index (χ4n) is 4.46. The van der Waals surface area contributed by atoms with E-state index in [1.807, 2.05) is 46.7 Å². The van der Waals surface area contributed by atoms with Gasteiger partial charge in [-0.1, -0.05) is 35.5 Å². The number of pyridine rings is 1. The second-order valence-electron chi connectivity index (χ2n) is 8.09. The average molecular weight is 457 g/mol. The van der Waals surface area contributed by atoms with Crippen molar-refractivity contribution in [2.45, 2.75) is 31.0 Å². The zero-order valence-electron chi connectivity index (χ0n) is 16.9. The molecule has 2 aliphatic heterocycles. The van der Waals surface area contributed by atoms with E-state index in [1.165, 1.54) is 11.8 Å². The predicted molar refractivity (Wildman–Crippen MR) is 118 cm³/mol. The van der Waals surface area contributed by atoms with Crippen molar-refractivity contribution in [1.82, 2.24) is 29.7 Å². The second kappa shape index (κ2) is 8.12. The molecule has 2 bridgehead atoms. The zero-order valence-corrected chi connectivity index (χ0v) is 18.5. The van der Waals surface area contributed by atoms with Crippen LogP contribution in [0.2, 0.25) is 5.02 Å². The number of hydrogen-bond donors (Lipinski definition) is 0. The third kappa shape index (κ3) is 3.87. The Kier molecular flexibility index (Phi) is 5.31. The van der Waals surface area contributed by atoms with E-state index in [0.717, 1.165) is 23.4 Å². The van der Waals surface area contributed by atoms with E-state index >= 15 is 0 Å². The van der Waals surface area contributed by atoms with Gasteiger partial charge in [-0.25, -0.2) is 0 Å². The van der Waals surface area contributed by atoms with Crippen molar-refractivity contribution in [2.75, 3.05) is 18.8 Å². The fourth-order valence-corrected chi connectivity index (χ4v) is 5.43. The second-order valence-corrected chi connectivity index (χ2v) is 9.44. The number of carbonyl (C=O) groups excluding carboxylic acids is 1. The lowest BCUT2D eigenvalue weighted by atomic mass is 9.83. The molecular formula is C21H21ClN6O2S. The molecule has 1 aromatic carbocycles. The van der Waals surface area contributed by atoms with Crippen LogP contribution in [0.15, 0.2) is 46.3 Å². The van der Waals surface area contributed by atoms with Crippen molar-refractivity contribution >= 4 is 29.3 Å². The molecule has 4 heterocycles. The van der Waals surface area contributed by atoms with E-state index in [9.17, 15) is 9.59 Å². The summed E-state index contributed by atoms with van der Waals surface area (Å²) >= 11 is 7.55.